The maximum Gasteiger partial charge on any atom is 0.242 e. The highest BCUT2D eigenvalue weighted by molar-refractivity contribution is 5.81. The first-order valence-electron chi connectivity index (χ1n) is 9.49. The van der Waals surface area contributed by atoms with E-state index in [2.05, 4.69) is 17.6 Å². The lowest BCUT2D eigenvalue weighted by Gasteiger charge is -2.40. The number of aliphatic hydroxyl groups excluding tert-OH is 1. The maximum absolute atomic E-state index is 12.9. The Morgan fingerprint density at radius 3 is 2.64 bits per heavy atom. The predicted molar refractivity (Wildman–Crippen MR) is 97.3 cm³/mol. The fraction of sp³-hybridized carbons (Fsp3) is 0.600. The Hall–Kier alpha value is -1.88. The summed E-state index contributed by atoms with van der Waals surface area (Å²) in [5.74, 6) is 1.77. The molecule has 134 valence electrons. The molecule has 1 saturated carbocycles. The average Bonchev–Trinajstić information content (AvgIpc) is 3.44. The number of nitrogens with zero attached hydrogens (tertiary/aromatic N) is 3. The molecule has 4 rings (SSSR count). The molecule has 0 bridgehead atoms. The van der Waals surface area contributed by atoms with E-state index in [1.807, 2.05) is 23.1 Å². The van der Waals surface area contributed by atoms with Gasteiger partial charge in [-0.25, -0.2) is 4.98 Å². The van der Waals surface area contributed by atoms with Gasteiger partial charge in [0, 0.05) is 25.6 Å². The molecule has 1 N–H and O–H groups in total. The molecule has 0 radical (unpaired) electrons. The van der Waals surface area contributed by atoms with Gasteiger partial charge in [0.25, 0.3) is 0 Å². The summed E-state index contributed by atoms with van der Waals surface area (Å²) in [6, 6.07) is 8.10. The van der Waals surface area contributed by atoms with Crippen LogP contribution in [0, 0.1) is 5.41 Å². The Bertz CT molecular complexity index is 764. The van der Waals surface area contributed by atoms with Crippen molar-refractivity contribution in [2.75, 3.05) is 19.7 Å². The highest BCUT2D eigenvalue weighted by Crippen LogP contribution is 2.41. The maximum atomic E-state index is 12.9. The van der Waals surface area contributed by atoms with Crippen molar-refractivity contribution in [3.05, 3.63) is 30.1 Å². The van der Waals surface area contributed by atoms with Crippen molar-refractivity contribution in [3.63, 3.8) is 0 Å². The van der Waals surface area contributed by atoms with Crippen LogP contribution in [0.2, 0.25) is 0 Å². The molecule has 25 heavy (non-hydrogen) atoms. The van der Waals surface area contributed by atoms with Crippen molar-refractivity contribution in [2.45, 2.75) is 51.5 Å². The van der Waals surface area contributed by atoms with Crippen molar-refractivity contribution >= 4 is 16.9 Å². The van der Waals surface area contributed by atoms with E-state index in [4.69, 9.17) is 4.98 Å². The standard InChI is InChI=1S/C20H27N3O2/c1-2-20(14-24)9-11-22(12-10-20)18(25)13-23-17-6-4-3-5-16(17)21-19(23)15-7-8-15/h3-6,15,24H,2,7-14H2,1H3. The quantitative estimate of drug-likeness (QED) is 0.910. The van der Waals surface area contributed by atoms with Gasteiger partial charge in [0.05, 0.1) is 11.0 Å². The molecule has 2 heterocycles. The number of carbonyl (C=O) groups is 1. The van der Waals surface area contributed by atoms with Crippen LogP contribution in [-0.4, -0.2) is 45.2 Å². The summed E-state index contributed by atoms with van der Waals surface area (Å²) < 4.78 is 2.13. The number of imidazole rings is 1. The summed E-state index contributed by atoms with van der Waals surface area (Å²) in [5.41, 5.74) is 2.06. The van der Waals surface area contributed by atoms with Crippen LogP contribution < -0.4 is 0 Å². The monoisotopic (exact) mass is 341 g/mol. The van der Waals surface area contributed by atoms with E-state index in [0.29, 0.717) is 12.5 Å². The van der Waals surface area contributed by atoms with Crippen molar-refractivity contribution in [3.8, 4) is 0 Å². The summed E-state index contributed by atoms with van der Waals surface area (Å²) in [6.45, 7) is 4.23. The molecule has 0 unspecified atom stereocenters. The van der Waals surface area contributed by atoms with Gasteiger partial charge in [-0.15, -0.1) is 0 Å². The van der Waals surface area contributed by atoms with Crippen LogP contribution in [0.1, 0.15) is 50.8 Å². The van der Waals surface area contributed by atoms with Gasteiger partial charge in [0.1, 0.15) is 12.4 Å². The summed E-state index contributed by atoms with van der Waals surface area (Å²) in [5, 5.41) is 9.68. The van der Waals surface area contributed by atoms with Crippen LogP contribution in [-0.2, 0) is 11.3 Å². The Kier molecular flexibility index (Phi) is 4.28. The van der Waals surface area contributed by atoms with Gasteiger partial charge in [-0.3, -0.25) is 4.79 Å². The van der Waals surface area contributed by atoms with Gasteiger partial charge >= 0.3 is 0 Å². The first-order valence-corrected chi connectivity index (χ1v) is 9.49. The van der Waals surface area contributed by atoms with E-state index in [-0.39, 0.29) is 17.9 Å². The number of amides is 1. The molecular formula is C20H27N3O2. The fourth-order valence-electron chi connectivity index (χ4n) is 4.00. The Morgan fingerprint density at radius 1 is 1.28 bits per heavy atom. The molecule has 1 saturated heterocycles. The molecule has 2 aliphatic rings. The van der Waals surface area contributed by atoms with E-state index >= 15 is 0 Å². The molecule has 1 aromatic heterocycles. The first kappa shape index (κ1) is 16.6. The molecule has 0 atom stereocenters. The van der Waals surface area contributed by atoms with E-state index in [0.717, 1.165) is 49.2 Å². The van der Waals surface area contributed by atoms with Gasteiger partial charge < -0.3 is 14.6 Å². The number of aromatic nitrogens is 2. The van der Waals surface area contributed by atoms with Crippen LogP contribution in [0.5, 0.6) is 0 Å². The number of likely N-dealkylation sites (tertiary alicyclic amines) is 1. The second-order valence-corrected chi connectivity index (χ2v) is 7.71. The number of fused-ring (bicyclic) bond motifs is 1. The zero-order valence-corrected chi connectivity index (χ0v) is 14.9. The lowest BCUT2D eigenvalue weighted by Crippen LogP contribution is -2.45. The molecule has 1 aromatic carbocycles. The molecule has 5 heteroatoms. The average molecular weight is 341 g/mol. The number of hydrogen-bond acceptors (Lipinski definition) is 3. The number of para-hydroxylation sites is 2. The van der Waals surface area contributed by atoms with Crippen molar-refractivity contribution in [1.29, 1.82) is 0 Å². The third-order valence-electron chi connectivity index (χ3n) is 6.18. The minimum Gasteiger partial charge on any atom is -0.396 e. The van der Waals surface area contributed by atoms with Gasteiger partial charge in [-0.1, -0.05) is 19.1 Å². The minimum absolute atomic E-state index is 0.0116. The smallest absolute Gasteiger partial charge is 0.242 e. The predicted octanol–water partition coefficient (Wildman–Crippen LogP) is 2.92. The fourth-order valence-corrected chi connectivity index (χ4v) is 4.00. The first-order chi connectivity index (χ1) is 12.2. The molecule has 1 aliphatic carbocycles. The van der Waals surface area contributed by atoms with Crippen LogP contribution >= 0.6 is 0 Å². The van der Waals surface area contributed by atoms with Crippen LogP contribution in [0.15, 0.2) is 24.3 Å². The van der Waals surface area contributed by atoms with Crippen molar-refractivity contribution < 1.29 is 9.90 Å². The van der Waals surface area contributed by atoms with E-state index in [9.17, 15) is 9.90 Å². The number of hydrogen-bond donors (Lipinski definition) is 1. The summed E-state index contributed by atoms with van der Waals surface area (Å²) in [4.78, 5) is 19.7. The molecular weight excluding hydrogens is 314 g/mol. The summed E-state index contributed by atoms with van der Waals surface area (Å²) >= 11 is 0. The Labute approximate surface area is 148 Å². The number of carbonyl (C=O) groups excluding carboxylic acids is 1. The van der Waals surface area contributed by atoms with Crippen LogP contribution in [0.25, 0.3) is 11.0 Å². The lowest BCUT2D eigenvalue weighted by atomic mass is 9.77. The summed E-state index contributed by atoms with van der Waals surface area (Å²) in [6.07, 6.45) is 5.12. The molecule has 5 nitrogen and oxygen atoms in total. The van der Waals surface area contributed by atoms with E-state index in [1.54, 1.807) is 0 Å². The SMILES string of the molecule is CCC1(CO)CCN(C(=O)Cn2c(C3CC3)nc3ccccc32)CC1. The molecule has 2 aromatic rings. The van der Waals surface area contributed by atoms with Gasteiger partial charge in [-0.2, -0.15) is 0 Å². The normalized spacial score (nSPS) is 20.2. The van der Waals surface area contributed by atoms with Crippen LogP contribution in [0.3, 0.4) is 0 Å². The van der Waals surface area contributed by atoms with Gasteiger partial charge in [0.2, 0.25) is 5.91 Å². The van der Waals surface area contributed by atoms with Crippen molar-refractivity contribution in [1.82, 2.24) is 14.5 Å². The van der Waals surface area contributed by atoms with Crippen molar-refractivity contribution in [2.24, 2.45) is 5.41 Å². The largest absolute Gasteiger partial charge is 0.396 e. The molecule has 0 spiro atoms. The molecule has 1 amide bonds. The topological polar surface area (TPSA) is 58.4 Å². The van der Waals surface area contributed by atoms with E-state index in [1.165, 1.54) is 12.8 Å². The highest BCUT2D eigenvalue weighted by atomic mass is 16.3. The second-order valence-electron chi connectivity index (χ2n) is 7.71. The number of aliphatic hydroxyl groups is 1. The zero-order valence-electron chi connectivity index (χ0n) is 14.9. The van der Waals surface area contributed by atoms with Crippen LogP contribution in [0.4, 0.5) is 0 Å². The minimum atomic E-state index is 0.0116. The third kappa shape index (κ3) is 3.06. The van der Waals surface area contributed by atoms with Gasteiger partial charge in [-0.05, 0) is 49.7 Å². The number of rotatable bonds is 5. The number of benzene rings is 1. The Balaban J connectivity index is 1.52. The second kappa shape index (κ2) is 6.45. The highest BCUT2D eigenvalue weighted by Gasteiger charge is 2.35. The molecule has 2 fully saturated rings. The number of piperidine rings is 1. The zero-order chi connectivity index (χ0) is 17.4. The third-order valence-corrected chi connectivity index (χ3v) is 6.18. The molecule has 1 aliphatic heterocycles. The van der Waals surface area contributed by atoms with E-state index < -0.39 is 0 Å². The summed E-state index contributed by atoms with van der Waals surface area (Å²) in [7, 11) is 0. The van der Waals surface area contributed by atoms with Gasteiger partial charge in [0.15, 0.2) is 0 Å². The Morgan fingerprint density at radius 2 is 2.00 bits per heavy atom. The lowest BCUT2D eigenvalue weighted by molar-refractivity contribution is -0.134.